The number of halogens is 3. The van der Waals surface area contributed by atoms with Gasteiger partial charge < -0.3 is 10.2 Å². The van der Waals surface area contributed by atoms with Crippen LogP contribution in [0.15, 0.2) is 72.8 Å². The number of piperidine rings is 1. The Hall–Kier alpha value is -3.39. The van der Waals surface area contributed by atoms with E-state index in [0.717, 1.165) is 55.6 Å². The van der Waals surface area contributed by atoms with Gasteiger partial charge in [-0.15, -0.1) is 0 Å². The summed E-state index contributed by atoms with van der Waals surface area (Å²) < 4.78 is 40.0. The Balaban J connectivity index is 1.48. The minimum absolute atomic E-state index is 0.0604. The van der Waals surface area contributed by atoms with Crippen LogP contribution in [-0.2, 0) is 6.18 Å². The summed E-state index contributed by atoms with van der Waals surface area (Å²) in [6.45, 7) is 1.51. The van der Waals surface area contributed by atoms with E-state index in [4.69, 9.17) is 12.2 Å². The molecular formula is C26H24F3N3OS. The number of nitrogens with zero attached hydrogens (tertiary/aromatic N) is 1. The van der Waals surface area contributed by atoms with Gasteiger partial charge in [0.25, 0.3) is 5.91 Å². The number of thiocarbonyl (C=S) groups is 1. The van der Waals surface area contributed by atoms with Crippen molar-refractivity contribution in [3.05, 3.63) is 83.9 Å². The van der Waals surface area contributed by atoms with Crippen LogP contribution >= 0.6 is 12.2 Å². The fourth-order valence-corrected chi connectivity index (χ4v) is 4.20. The average molecular weight is 484 g/mol. The molecule has 0 aromatic heterocycles. The largest absolute Gasteiger partial charge is 0.416 e. The van der Waals surface area contributed by atoms with Gasteiger partial charge in [-0.3, -0.25) is 10.1 Å². The minimum Gasteiger partial charge on any atom is -0.370 e. The highest BCUT2D eigenvalue weighted by Crippen LogP contribution is 2.36. The van der Waals surface area contributed by atoms with E-state index in [0.29, 0.717) is 11.3 Å². The molecule has 0 radical (unpaired) electrons. The van der Waals surface area contributed by atoms with Crippen LogP contribution in [0.2, 0.25) is 0 Å². The number of carbonyl (C=O) groups excluding carboxylic acids is 1. The first kappa shape index (κ1) is 23.8. The quantitative estimate of drug-likeness (QED) is 0.417. The summed E-state index contributed by atoms with van der Waals surface area (Å²) in [5.74, 6) is -0.441. The Kier molecular flexibility index (Phi) is 7.17. The van der Waals surface area contributed by atoms with Gasteiger partial charge in [0.1, 0.15) is 0 Å². The highest BCUT2D eigenvalue weighted by molar-refractivity contribution is 7.80. The van der Waals surface area contributed by atoms with Crippen molar-refractivity contribution in [3.63, 3.8) is 0 Å². The highest BCUT2D eigenvalue weighted by atomic mass is 32.1. The van der Waals surface area contributed by atoms with Crippen LogP contribution in [0.5, 0.6) is 0 Å². The number of rotatable bonds is 4. The molecule has 0 spiro atoms. The molecule has 1 amide bonds. The predicted octanol–water partition coefficient (Wildman–Crippen LogP) is 6.49. The topological polar surface area (TPSA) is 44.4 Å². The van der Waals surface area contributed by atoms with E-state index in [1.165, 1.54) is 6.07 Å². The molecule has 0 unspecified atom stereocenters. The number of amides is 1. The lowest BCUT2D eigenvalue weighted by Gasteiger charge is -2.31. The van der Waals surface area contributed by atoms with Crippen LogP contribution in [-0.4, -0.2) is 24.1 Å². The lowest BCUT2D eigenvalue weighted by molar-refractivity contribution is -0.137. The zero-order valence-corrected chi connectivity index (χ0v) is 19.2. The molecule has 8 heteroatoms. The van der Waals surface area contributed by atoms with Gasteiger partial charge in [-0.1, -0.05) is 42.5 Å². The number of anilines is 2. The number of hydrogen-bond donors (Lipinski definition) is 2. The molecule has 3 aromatic carbocycles. The SMILES string of the molecule is O=C(NC(=S)Nc1cc(C(F)(F)F)ccc1N1CCCCC1)c1ccc(-c2ccccc2)cc1. The minimum atomic E-state index is -4.48. The molecule has 0 atom stereocenters. The highest BCUT2D eigenvalue weighted by Gasteiger charge is 2.31. The maximum absolute atomic E-state index is 13.3. The standard InChI is InChI=1S/C26H24F3N3OS/c27-26(28,29)21-13-14-23(32-15-5-2-6-16-32)22(17-21)30-25(34)31-24(33)20-11-9-19(10-12-20)18-7-3-1-4-8-18/h1,3-4,7-14,17H,2,5-6,15-16H2,(H2,30,31,33,34). The maximum atomic E-state index is 13.3. The van der Waals surface area contributed by atoms with Crippen LogP contribution in [0.1, 0.15) is 35.2 Å². The van der Waals surface area contributed by atoms with Crippen molar-refractivity contribution in [2.24, 2.45) is 0 Å². The van der Waals surface area contributed by atoms with E-state index in [-0.39, 0.29) is 10.8 Å². The molecule has 34 heavy (non-hydrogen) atoms. The molecule has 0 saturated carbocycles. The van der Waals surface area contributed by atoms with Gasteiger partial charge in [0.05, 0.1) is 16.9 Å². The second kappa shape index (κ2) is 10.3. The molecule has 1 aliphatic heterocycles. The fourth-order valence-electron chi connectivity index (χ4n) is 4.00. The van der Waals surface area contributed by atoms with Crippen LogP contribution in [0.4, 0.5) is 24.5 Å². The summed E-state index contributed by atoms with van der Waals surface area (Å²) in [7, 11) is 0. The molecule has 176 valence electrons. The Labute approximate surface area is 201 Å². The third-order valence-corrected chi connectivity index (χ3v) is 5.95. The van der Waals surface area contributed by atoms with Crippen LogP contribution in [0.25, 0.3) is 11.1 Å². The molecule has 2 N–H and O–H groups in total. The van der Waals surface area contributed by atoms with E-state index in [9.17, 15) is 18.0 Å². The molecule has 1 aliphatic rings. The molecular weight excluding hydrogens is 459 g/mol. The van der Waals surface area contributed by atoms with Crippen molar-refractivity contribution in [2.75, 3.05) is 23.3 Å². The molecule has 4 nitrogen and oxygen atoms in total. The smallest absolute Gasteiger partial charge is 0.370 e. The van der Waals surface area contributed by atoms with E-state index in [1.54, 1.807) is 12.1 Å². The summed E-state index contributed by atoms with van der Waals surface area (Å²) >= 11 is 5.27. The first-order valence-electron chi connectivity index (χ1n) is 11.1. The summed E-state index contributed by atoms with van der Waals surface area (Å²) in [4.78, 5) is 14.7. The van der Waals surface area contributed by atoms with E-state index in [2.05, 4.69) is 10.6 Å². The van der Waals surface area contributed by atoms with Crippen LogP contribution < -0.4 is 15.5 Å². The molecule has 1 saturated heterocycles. The van der Waals surface area contributed by atoms with Gasteiger partial charge >= 0.3 is 6.18 Å². The molecule has 3 aromatic rings. The normalized spacial score (nSPS) is 13.9. The zero-order valence-electron chi connectivity index (χ0n) is 18.4. The van der Waals surface area contributed by atoms with Gasteiger partial charge in [-0.2, -0.15) is 13.2 Å². The van der Waals surface area contributed by atoms with E-state index >= 15 is 0 Å². The number of nitrogens with one attached hydrogen (secondary N) is 2. The van der Waals surface area contributed by atoms with E-state index in [1.807, 2.05) is 47.4 Å². The number of carbonyl (C=O) groups is 1. The third kappa shape index (κ3) is 5.75. The van der Waals surface area contributed by atoms with Gasteiger partial charge in [-0.05, 0) is 72.9 Å². The third-order valence-electron chi connectivity index (χ3n) is 5.75. The summed E-state index contributed by atoms with van der Waals surface area (Å²) in [6, 6.07) is 20.4. The van der Waals surface area contributed by atoms with Gasteiger partial charge in [-0.25, -0.2) is 0 Å². The van der Waals surface area contributed by atoms with Crippen LogP contribution in [0.3, 0.4) is 0 Å². The van der Waals surface area contributed by atoms with Crippen molar-refractivity contribution < 1.29 is 18.0 Å². The summed E-state index contributed by atoms with van der Waals surface area (Å²) in [6.07, 6.45) is -1.44. The zero-order chi connectivity index (χ0) is 24.1. The number of alkyl halides is 3. The molecule has 4 rings (SSSR count). The number of benzene rings is 3. The number of hydrogen-bond acceptors (Lipinski definition) is 3. The van der Waals surface area contributed by atoms with Gasteiger partial charge in [0, 0.05) is 18.7 Å². The monoisotopic (exact) mass is 483 g/mol. The molecule has 0 aliphatic carbocycles. The molecule has 1 fully saturated rings. The lowest BCUT2D eigenvalue weighted by Crippen LogP contribution is -2.35. The Morgan fingerprint density at radius 2 is 1.50 bits per heavy atom. The maximum Gasteiger partial charge on any atom is 0.416 e. The van der Waals surface area contributed by atoms with Gasteiger partial charge in [0.2, 0.25) is 0 Å². The van der Waals surface area contributed by atoms with Crippen molar-refractivity contribution in [1.82, 2.24) is 5.32 Å². The Bertz CT molecular complexity index is 1160. The summed E-state index contributed by atoms with van der Waals surface area (Å²) in [5, 5.41) is 5.33. The first-order chi connectivity index (χ1) is 16.3. The van der Waals surface area contributed by atoms with Crippen molar-refractivity contribution in [2.45, 2.75) is 25.4 Å². The average Bonchev–Trinajstić information content (AvgIpc) is 2.84. The van der Waals surface area contributed by atoms with E-state index < -0.39 is 17.6 Å². The van der Waals surface area contributed by atoms with Crippen molar-refractivity contribution in [3.8, 4) is 11.1 Å². The van der Waals surface area contributed by atoms with Gasteiger partial charge in [0.15, 0.2) is 5.11 Å². The van der Waals surface area contributed by atoms with Crippen LogP contribution in [0, 0.1) is 0 Å². The second-order valence-corrected chi connectivity index (χ2v) is 8.54. The Morgan fingerprint density at radius 1 is 0.853 bits per heavy atom. The van der Waals surface area contributed by atoms with Crippen molar-refractivity contribution >= 4 is 34.6 Å². The molecule has 1 heterocycles. The predicted molar refractivity (Wildman–Crippen MR) is 133 cm³/mol. The fraction of sp³-hybridized carbons (Fsp3) is 0.231. The second-order valence-electron chi connectivity index (χ2n) is 8.13. The Morgan fingerprint density at radius 3 is 2.15 bits per heavy atom. The van der Waals surface area contributed by atoms with Crippen molar-refractivity contribution in [1.29, 1.82) is 0 Å². The lowest BCUT2D eigenvalue weighted by atomic mass is 10.0. The first-order valence-corrected chi connectivity index (χ1v) is 11.5. The molecule has 0 bridgehead atoms. The summed E-state index contributed by atoms with van der Waals surface area (Å²) in [5.41, 5.74) is 2.47.